The highest BCUT2D eigenvalue weighted by Crippen LogP contribution is 2.45. The topological polar surface area (TPSA) is 76.2 Å². The van der Waals surface area contributed by atoms with E-state index >= 15 is 0 Å². The van der Waals surface area contributed by atoms with E-state index in [0.717, 1.165) is 5.69 Å². The monoisotopic (exact) mass is 192 g/mol. The van der Waals surface area contributed by atoms with E-state index in [4.69, 9.17) is 10.8 Å². The van der Waals surface area contributed by atoms with Gasteiger partial charge in [-0.25, -0.2) is 0 Å². The first kappa shape index (κ1) is 9.15. The molecule has 4 nitrogen and oxygen atoms in total. The summed E-state index contributed by atoms with van der Waals surface area (Å²) >= 11 is 0. The fraction of sp³-hybridized carbons (Fsp3) is 0.400. The van der Waals surface area contributed by atoms with Gasteiger partial charge in [0.05, 0.1) is 17.7 Å². The van der Waals surface area contributed by atoms with E-state index in [1.807, 2.05) is 18.2 Å². The minimum Gasteiger partial charge on any atom is -0.481 e. The zero-order valence-electron chi connectivity index (χ0n) is 7.63. The van der Waals surface area contributed by atoms with Crippen LogP contribution in [0.25, 0.3) is 0 Å². The van der Waals surface area contributed by atoms with Gasteiger partial charge in [-0.15, -0.1) is 0 Å². The molecule has 1 aromatic rings. The molecule has 74 valence electrons. The van der Waals surface area contributed by atoms with Gasteiger partial charge < -0.3 is 10.8 Å². The third-order valence-electron chi connectivity index (χ3n) is 2.65. The number of carboxylic acids is 1. The molecular formula is C10H12N2O2. The molecule has 3 N–H and O–H groups in total. The molecule has 2 rings (SSSR count). The molecule has 3 atom stereocenters. The smallest absolute Gasteiger partial charge is 0.306 e. The maximum Gasteiger partial charge on any atom is 0.306 e. The first-order chi connectivity index (χ1) is 6.70. The molecule has 1 aliphatic rings. The molecule has 0 bridgehead atoms. The van der Waals surface area contributed by atoms with Gasteiger partial charge >= 0.3 is 5.97 Å². The Morgan fingerprint density at radius 2 is 2.43 bits per heavy atom. The van der Waals surface area contributed by atoms with Crippen molar-refractivity contribution in [3.63, 3.8) is 0 Å². The first-order valence-corrected chi connectivity index (χ1v) is 4.59. The van der Waals surface area contributed by atoms with Crippen molar-refractivity contribution in [1.82, 2.24) is 4.98 Å². The van der Waals surface area contributed by atoms with Crippen LogP contribution in [0.3, 0.4) is 0 Å². The van der Waals surface area contributed by atoms with Crippen molar-refractivity contribution in [3.05, 3.63) is 30.1 Å². The highest BCUT2D eigenvalue weighted by Gasteiger charge is 2.47. The number of carbonyl (C=O) groups is 1. The lowest BCUT2D eigenvalue weighted by Crippen LogP contribution is -2.16. The Labute approximate surface area is 81.8 Å². The number of aromatic nitrogens is 1. The van der Waals surface area contributed by atoms with Crippen LogP contribution in [0.5, 0.6) is 0 Å². The molecule has 0 radical (unpaired) electrons. The van der Waals surface area contributed by atoms with Gasteiger partial charge in [0.15, 0.2) is 0 Å². The number of pyridine rings is 1. The maximum atomic E-state index is 10.6. The van der Waals surface area contributed by atoms with E-state index in [0.29, 0.717) is 6.42 Å². The summed E-state index contributed by atoms with van der Waals surface area (Å²) in [5, 5.41) is 8.74. The molecule has 1 fully saturated rings. The van der Waals surface area contributed by atoms with Gasteiger partial charge in [-0.3, -0.25) is 9.78 Å². The van der Waals surface area contributed by atoms with Gasteiger partial charge in [-0.1, -0.05) is 6.07 Å². The molecule has 0 spiro atoms. The van der Waals surface area contributed by atoms with Crippen LogP contribution in [0.4, 0.5) is 0 Å². The van der Waals surface area contributed by atoms with Crippen molar-refractivity contribution in [1.29, 1.82) is 0 Å². The Morgan fingerprint density at radius 1 is 1.64 bits per heavy atom. The molecule has 1 saturated carbocycles. The zero-order chi connectivity index (χ0) is 10.1. The summed E-state index contributed by atoms with van der Waals surface area (Å²) in [4.78, 5) is 14.7. The average molecular weight is 192 g/mol. The Kier molecular flexibility index (Phi) is 2.21. The van der Waals surface area contributed by atoms with Crippen LogP contribution in [0.2, 0.25) is 0 Å². The number of hydrogen-bond donors (Lipinski definition) is 2. The predicted molar refractivity (Wildman–Crippen MR) is 50.4 cm³/mol. The number of aliphatic carboxylic acids is 1. The Balaban J connectivity index is 2.05. The quantitative estimate of drug-likeness (QED) is 0.742. The summed E-state index contributed by atoms with van der Waals surface area (Å²) in [5.74, 6) is -0.962. The molecule has 4 heteroatoms. The highest BCUT2D eigenvalue weighted by molar-refractivity contribution is 5.73. The fourth-order valence-electron chi connectivity index (χ4n) is 1.69. The van der Waals surface area contributed by atoms with E-state index in [1.54, 1.807) is 6.20 Å². The van der Waals surface area contributed by atoms with E-state index in [-0.39, 0.29) is 17.9 Å². The molecule has 1 heterocycles. The van der Waals surface area contributed by atoms with Crippen molar-refractivity contribution < 1.29 is 9.90 Å². The first-order valence-electron chi connectivity index (χ1n) is 4.59. The van der Waals surface area contributed by atoms with Crippen LogP contribution in [0, 0.1) is 11.8 Å². The lowest BCUT2D eigenvalue weighted by atomic mass is 10.1. The standard InChI is InChI=1S/C10H12N2O2/c11-9(6-5-7(6)10(13)14)8-3-1-2-4-12-8/h1-4,6-7,9H,5,11H2,(H,13,14). The van der Waals surface area contributed by atoms with Crippen molar-refractivity contribution in [2.24, 2.45) is 17.6 Å². The molecule has 1 aromatic heterocycles. The van der Waals surface area contributed by atoms with Crippen LogP contribution >= 0.6 is 0 Å². The second-order valence-corrected chi connectivity index (χ2v) is 3.62. The van der Waals surface area contributed by atoms with Crippen molar-refractivity contribution >= 4 is 5.97 Å². The average Bonchev–Trinajstić information content (AvgIpc) is 2.97. The predicted octanol–water partition coefficient (Wildman–Crippen LogP) is 0.802. The number of nitrogens with two attached hydrogens (primary N) is 1. The number of hydrogen-bond acceptors (Lipinski definition) is 3. The van der Waals surface area contributed by atoms with Gasteiger partial charge in [-0.2, -0.15) is 0 Å². The molecule has 1 aliphatic carbocycles. The molecule has 3 unspecified atom stereocenters. The maximum absolute atomic E-state index is 10.6. The number of rotatable bonds is 3. The summed E-state index contributed by atoms with van der Waals surface area (Å²) < 4.78 is 0. The van der Waals surface area contributed by atoms with Gasteiger partial charge in [0.25, 0.3) is 0 Å². The van der Waals surface area contributed by atoms with Gasteiger partial charge in [0.2, 0.25) is 0 Å². The molecule has 0 aromatic carbocycles. The van der Waals surface area contributed by atoms with Gasteiger partial charge in [0.1, 0.15) is 0 Å². The van der Waals surface area contributed by atoms with Crippen molar-refractivity contribution in [3.8, 4) is 0 Å². The second-order valence-electron chi connectivity index (χ2n) is 3.62. The van der Waals surface area contributed by atoms with Gasteiger partial charge in [-0.05, 0) is 24.5 Å². The minimum atomic E-state index is -0.749. The van der Waals surface area contributed by atoms with Crippen LogP contribution < -0.4 is 5.73 Å². The van der Waals surface area contributed by atoms with Gasteiger partial charge in [0, 0.05) is 6.20 Å². The fourth-order valence-corrected chi connectivity index (χ4v) is 1.69. The highest BCUT2D eigenvalue weighted by atomic mass is 16.4. The Bertz CT molecular complexity index is 339. The molecule has 0 saturated heterocycles. The summed E-state index contributed by atoms with van der Waals surface area (Å²) in [6, 6.07) is 5.28. The minimum absolute atomic E-state index is 0.0578. The van der Waals surface area contributed by atoms with Crippen molar-refractivity contribution in [2.45, 2.75) is 12.5 Å². The van der Waals surface area contributed by atoms with E-state index in [9.17, 15) is 4.79 Å². The summed E-state index contributed by atoms with van der Waals surface area (Å²) in [5.41, 5.74) is 6.68. The number of nitrogens with zero attached hydrogens (tertiary/aromatic N) is 1. The Hall–Kier alpha value is -1.42. The normalized spacial score (nSPS) is 26.9. The Morgan fingerprint density at radius 3 is 2.93 bits per heavy atom. The van der Waals surface area contributed by atoms with E-state index < -0.39 is 5.97 Å². The molecule has 0 aliphatic heterocycles. The SMILES string of the molecule is NC(c1ccccn1)C1CC1C(=O)O. The second kappa shape index (κ2) is 3.38. The summed E-state index contributed by atoms with van der Waals surface area (Å²) in [6.07, 6.45) is 2.35. The lowest BCUT2D eigenvalue weighted by molar-refractivity contribution is -0.138. The third kappa shape index (κ3) is 1.61. The zero-order valence-corrected chi connectivity index (χ0v) is 7.63. The molecule has 14 heavy (non-hydrogen) atoms. The molecular weight excluding hydrogens is 180 g/mol. The largest absolute Gasteiger partial charge is 0.481 e. The van der Waals surface area contributed by atoms with Crippen molar-refractivity contribution in [2.75, 3.05) is 0 Å². The van der Waals surface area contributed by atoms with Crippen LogP contribution in [-0.2, 0) is 4.79 Å². The van der Waals surface area contributed by atoms with Crippen LogP contribution in [-0.4, -0.2) is 16.1 Å². The summed E-state index contributed by atoms with van der Waals surface area (Å²) in [6.45, 7) is 0. The number of carboxylic acid groups (broad SMARTS) is 1. The van der Waals surface area contributed by atoms with Crippen LogP contribution in [0.15, 0.2) is 24.4 Å². The van der Waals surface area contributed by atoms with E-state index in [2.05, 4.69) is 4.98 Å². The summed E-state index contributed by atoms with van der Waals surface area (Å²) in [7, 11) is 0. The third-order valence-corrected chi connectivity index (χ3v) is 2.65. The lowest BCUT2D eigenvalue weighted by Gasteiger charge is -2.08. The molecule has 0 amide bonds. The van der Waals surface area contributed by atoms with E-state index in [1.165, 1.54) is 0 Å². The van der Waals surface area contributed by atoms with Crippen LogP contribution in [0.1, 0.15) is 18.2 Å².